The Morgan fingerprint density at radius 1 is 1.37 bits per heavy atom. The van der Waals surface area contributed by atoms with Crippen molar-refractivity contribution < 1.29 is 13.5 Å². The fourth-order valence-electron chi connectivity index (χ4n) is 2.26. The highest BCUT2D eigenvalue weighted by Crippen LogP contribution is 2.24. The zero-order valence-corrected chi connectivity index (χ0v) is 10.6. The van der Waals surface area contributed by atoms with Gasteiger partial charge in [-0.05, 0) is 50.4 Å². The van der Waals surface area contributed by atoms with Gasteiger partial charge in [0.2, 0.25) is 0 Å². The maximum Gasteiger partial charge on any atom is 0.190 e. The van der Waals surface area contributed by atoms with Crippen LogP contribution >= 0.6 is 0 Å². The zero-order valence-electron chi connectivity index (χ0n) is 10.6. The number of piperidine rings is 1. The SMILES string of the molecule is N#Cc1cc(F)c(OCCC2CCCNC2)c(F)c1. The first-order chi connectivity index (χ1) is 9.20. The number of benzene rings is 1. The van der Waals surface area contributed by atoms with Gasteiger partial charge in [-0.25, -0.2) is 8.78 Å². The summed E-state index contributed by atoms with van der Waals surface area (Å²) in [6.45, 7) is 2.25. The van der Waals surface area contributed by atoms with Crippen LogP contribution in [0, 0.1) is 28.9 Å². The number of nitrogens with one attached hydrogen (secondary N) is 1. The van der Waals surface area contributed by atoms with Crippen molar-refractivity contribution in [3.63, 3.8) is 0 Å². The molecule has 1 aromatic carbocycles. The monoisotopic (exact) mass is 266 g/mol. The molecule has 1 aliphatic heterocycles. The minimum absolute atomic E-state index is 0.0427. The number of hydrogen-bond acceptors (Lipinski definition) is 3. The maximum absolute atomic E-state index is 13.5. The third kappa shape index (κ3) is 3.65. The van der Waals surface area contributed by atoms with Crippen molar-refractivity contribution in [3.8, 4) is 11.8 Å². The molecule has 0 saturated carbocycles. The lowest BCUT2D eigenvalue weighted by atomic mass is 9.97. The molecule has 1 atom stereocenters. The van der Waals surface area contributed by atoms with Gasteiger partial charge in [0.05, 0.1) is 18.2 Å². The van der Waals surface area contributed by atoms with E-state index in [0.717, 1.165) is 44.5 Å². The van der Waals surface area contributed by atoms with Gasteiger partial charge in [0.15, 0.2) is 17.4 Å². The van der Waals surface area contributed by atoms with Gasteiger partial charge in [-0.15, -0.1) is 0 Å². The van der Waals surface area contributed by atoms with Gasteiger partial charge in [0.25, 0.3) is 0 Å². The average molecular weight is 266 g/mol. The van der Waals surface area contributed by atoms with E-state index in [1.165, 1.54) is 0 Å². The summed E-state index contributed by atoms with van der Waals surface area (Å²) in [4.78, 5) is 0. The summed E-state index contributed by atoms with van der Waals surface area (Å²) in [6.07, 6.45) is 3.02. The summed E-state index contributed by atoms with van der Waals surface area (Å²) in [5, 5.41) is 11.9. The Balaban J connectivity index is 1.90. The fourth-order valence-corrected chi connectivity index (χ4v) is 2.26. The lowest BCUT2D eigenvalue weighted by molar-refractivity contribution is 0.237. The summed E-state index contributed by atoms with van der Waals surface area (Å²) in [6, 6.07) is 3.67. The van der Waals surface area contributed by atoms with E-state index in [4.69, 9.17) is 10.00 Å². The largest absolute Gasteiger partial charge is 0.488 e. The van der Waals surface area contributed by atoms with E-state index in [2.05, 4.69) is 5.32 Å². The van der Waals surface area contributed by atoms with Crippen LogP contribution in [-0.4, -0.2) is 19.7 Å². The molecule has 5 heteroatoms. The van der Waals surface area contributed by atoms with Crippen LogP contribution < -0.4 is 10.1 Å². The highest BCUT2D eigenvalue weighted by atomic mass is 19.1. The van der Waals surface area contributed by atoms with Crippen molar-refractivity contribution in [2.75, 3.05) is 19.7 Å². The van der Waals surface area contributed by atoms with E-state index in [1.54, 1.807) is 6.07 Å². The molecule has 1 N–H and O–H groups in total. The topological polar surface area (TPSA) is 45.0 Å². The van der Waals surface area contributed by atoms with E-state index in [-0.39, 0.29) is 17.9 Å². The smallest absolute Gasteiger partial charge is 0.190 e. The molecular weight excluding hydrogens is 250 g/mol. The van der Waals surface area contributed by atoms with Gasteiger partial charge in [-0.1, -0.05) is 0 Å². The minimum atomic E-state index is -0.821. The van der Waals surface area contributed by atoms with E-state index in [0.29, 0.717) is 5.92 Å². The molecule has 1 unspecified atom stereocenters. The van der Waals surface area contributed by atoms with Crippen LogP contribution in [0.15, 0.2) is 12.1 Å². The second-order valence-corrected chi connectivity index (χ2v) is 4.73. The summed E-state index contributed by atoms with van der Waals surface area (Å²) < 4.78 is 32.3. The van der Waals surface area contributed by atoms with E-state index in [1.807, 2.05) is 0 Å². The Hall–Kier alpha value is -1.67. The summed E-state index contributed by atoms with van der Waals surface area (Å²) in [7, 11) is 0. The standard InChI is InChI=1S/C14H16F2N2O/c15-12-6-11(8-17)7-13(16)14(12)19-5-3-10-2-1-4-18-9-10/h6-7,10,18H,1-5,9H2. The highest BCUT2D eigenvalue weighted by molar-refractivity contribution is 5.37. The third-order valence-electron chi connectivity index (χ3n) is 3.30. The van der Waals surface area contributed by atoms with E-state index < -0.39 is 11.6 Å². The molecule has 0 radical (unpaired) electrons. The molecule has 1 aromatic rings. The Morgan fingerprint density at radius 2 is 2.11 bits per heavy atom. The molecule has 0 aromatic heterocycles. The Morgan fingerprint density at radius 3 is 2.68 bits per heavy atom. The van der Waals surface area contributed by atoms with Gasteiger partial charge in [-0.3, -0.25) is 0 Å². The lowest BCUT2D eigenvalue weighted by Crippen LogP contribution is -2.30. The molecule has 0 amide bonds. The van der Waals surface area contributed by atoms with Crippen LogP contribution in [-0.2, 0) is 0 Å². The summed E-state index contributed by atoms with van der Waals surface area (Å²) in [5.41, 5.74) is -0.0427. The number of hydrogen-bond donors (Lipinski definition) is 1. The number of rotatable bonds is 4. The molecule has 3 nitrogen and oxygen atoms in total. The second-order valence-electron chi connectivity index (χ2n) is 4.73. The zero-order chi connectivity index (χ0) is 13.7. The summed E-state index contributed by atoms with van der Waals surface area (Å²) >= 11 is 0. The number of nitriles is 1. The van der Waals surface area contributed by atoms with Crippen molar-refractivity contribution >= 4 is 0 Å². The van der Waals surface area contributed by atoms with Crippen LogP contribution in [0.5, 0.6) is 5.75 Å². The Labute approximate surface area is 111 Å². The van der Waals surface area contributed by atoms with Gasteiger partial charge < -0.3 is 10.1 Å². The first-order valence-corrected chi connectivity index (χ1v) is 6.43. The Kier molecular flexibility index (Phi) is 4.69. The Bertz CT molecular complexity index is 456. The van der Waals surface area contributed by atoms with Crippen LogP contribution in [0.25, 0.3) is 0 Å². The van der Waals surface area contributed by atoms with Crippen molar-refractivity contribution in [1.82, 2.24) is 5.32 Å². The third-order valence-corrected chi connectivity index (χ3v) is 3.30. The van der Waals surface area contributed by atoms with Gasteiger partial charge in [0.1, 0.15) is 0 Å². The quantitative estimate of drug-likeness (QED) is 0.911. The highest BCUT2D eigenvalue weighted by Gasteiger charge is 2.15. The first-order valence-electron chi connectivity index (χ1n) is 6.43. The van der Waals surface area contributed by atoms with Crippen molar-refractivity contribution in [1.29, 1.82) is 5.26 Å². The number of nitrogens with zero attached hydrogens (tertiary/aromatic N) is 1. The van der Waals surface area contributed by atoms with Gasteiger partial charge in [-0.2, -0.15) is 5.26 Å². The molecular formula is C14H16F2N2O. The van der Waals surface area contributed by atoms with E-state index >= 15 is 0 Å². The molecule has 1 aliphatic rings. The molecule has 0 aliphatic carbocycles. The van der Waals surface area contributed by atoms with Crippen LogP contribution in [0.2, 0.25) is 0 Å². The van der Waals surface area contributed by atoms with Crippen LogP contribution in [0.4, 0.5) is 8.78 Å². The van der Waals surface area contributed by atoms with Crippen molar-refractivity contribution in [3.05, 3.63) is 29.3 Å². The van der Waals surface area contributed by atoms with E-state index in [9.17, 15) is 8.78 Å². The lowest BCUT2D eigenvalue weighted by Gasteiger charge is -2.22. The number of ether oxygens (including phenoxy) is 1. The van der Waals surface area contributed by atoms with Crippen molar-refractivity contribution in [2.45, 2.75) is 19.3 Å². The predicted octanol–water partition coefficient (Wildman–Crippen LogP) is 2.60. The maximum atomic E-state index is 13.5. The molecule has 0 spiro atoms. The molecule has 2 rings (SSSR count). The number of halogens is 2. The molecule has 1 saturated heterocycles. The van der Waals surface area contributed by atoms with Gasteiger partial charge in [0, 0.05) is 0 Å². The van der Waals surface area contributed by atoms with Crippen molar-refractivity contribution in [2.24, 2.45) is 5.92 Å². The van der Waals surface area contributed by atoms with Crippen LogP contribution in [0.3, 0.4) is 0 Å². The average Bonchev–Trinajstić information content (AvgIpc) is 2.42. The van der Waals surface area contributed by atoms with Crippen LogP contribution in [0.1, 0.15) is 24.8 Å². The first kappa shape index (κ1) is 13.8. The fraction of sp³-hybridized carbons (Fsp3) is 0.500. The molecule has 1 fully saturated rings. The molecule has 1 heterocycles. The summed E-state index contributed by atoms with van der Waals surface area (Å²) in [5.74, 6) is -1.53. The minimum Gasteiger partial charge on any atom is -0.488 e. The second kappa shape index (κ2) is 6.48. The molecule has 0 bridgehead atoms. The molecule has 102 valence electrons. The predicted molar refractivity (Wildman–Crippen MR) is 66.8 cm³/mol. The van der Waals surface area contributed by atoms with Gasteiger partial charge >= 0.3 is 0 Å². The normalized spacial score (nSPS) is 18.9. The molecule has 19 heavy (non-hydrogen) atoms.